The molecule has 1 atom stereocenters. The van der Waals surface area contributed by atoms with Crippen LogP contribution in [0.2, 0.25) is 5.02 Å². The summed E-state index contributed by atoms with van der Waals surface area (Å²) in [6.45, 7) is 2.44. The number of halogens is 2. The number of hydrogen-bond acceptors (Lipinski definition) is 4. The molecule has 2 N–H and O–H groups in total. The van der Waals surface area contributed by atoms with Gasteiger partial charge in [-0.2, -0.15) is 5.10 Å². The molecule has 4 aromatic carbocycles. The molecule has 5 aromatic rings. The zero-order chi connectivity index (χ0) is 27.8. The standard InChI is InChI=1S/C32H25ClFN3O3/c1-19-14-27(38)25(16-26(19)33)29-28-30(36-35-29)32(39)37(17-20-10-12-23(34)13-11-20)31(28)22-8-5-9-24(15-22)40-18-21-6-3-2-4-7-21/h2-16,31,38H,17-18H2,1H3,(H,35,36). The Labute approximate surface area is 235 Å². The molecule has 1 amide bonds. The summed E-state index contributed by atoms with van der Waals surface area (Å²) in [5.41, 5.74) is 5.15. The molecule has 1 aromatic heterocycles. The first-order valence-corrected chi connectivity index (χ1v) is 13.2. The minimum atomic E-state index is -0.555. The number of benzene rings is 4. The van der Waals surface area contributed by atoms with E-state index in [1.165, 1.54) is 12.1 Å². The highest BCUT2D eigenvalue weighted by atomic mass is 35.5. The average Bonchev–Trinajstić information content (AvgIpc) is 3.50. The molecule has 0 fully saturated rings. The summed E-state index contributed by atoms with van der Waals surface area (Å²) in [6.07, 6.45) is 0. The van der Waals surface area contributed by atoms with Gasteiger partial charge in [0.15, 0.2) is 0 Å². The van der Waals surface area contributed by atoms with Crippen LogP contribution >= 0.6 is 11.6 Å². The fourth-order valence-corrected chi connectivity index (χ4v) is 5.23. The molecule has 6 nitrogen and oxygen atoms in total. The minimum Gasteiger partial charge on any atom is -0.507 e. The second-order valence-corrected chi connectivity index (χ2v) is 10.2. The van der Waals surface area contributed by atoms with Gasteiger partial charge < -0.3 is 14.7 Å². The molecule has 0 aliphatic carbocycles. The Balaban J connectivity index is 1.43. The first kappa shape index (κ1) is 25.6. The van der Waals surface area contributed by atoms with Crippen LogP contribution in [-0.2, 0) is 13.2 Å². The number of aromatic hydroxyl groups is 1. The van der Waals surface area contributed by atoms with E-state index in [0.717, 1.165) is 22.3 Å². The van der Waals surface area contributed by atoms with Crippen LogP contribution in [0.3, 0.4) is 0 Å². The van der Waals surface area contributed by atoms with E-state index in [2.05, 4.69) is 10.2 Å². The molecule has 0 bridgehead atoms. The average molecular weight is 554 g/mol. The van der Waals surface area contributed by atoms with Crippen molar-refractivity contribution in [1.82, 2.24) is 15.1 Å². The van der Waals surface area contributed by atoms with Crippen molar-refractivity contribution < 1.29 is 19.0 Å². The summed E-state index contributed by atoms with van der Waals surface area (Å²) in [4.78, 5) is 15.5. The van der Waals surface area contributed by atoms with E-state index < -0.39 is 6.04 Å². The number of phenols is 1. The second kappa shape index (κ2) is 10.5. The smallest absolute Gasteiger partial charge is 0.273 e. The molecular formula is C32H25ClFN3O3. The van der Waals surface area contributed by atoms with Crippen LogP contribution in [0, 0.1) is 12.7 Å². The number of ether oxygens (including phenoxy) is 1. The van der Waals surface area contributed by atoms with E-state index in [4.69, 9.17) is 16.3 Å². The van der Waals surface area contributed by atoms with Gasteiger partial charge in [-0.05, 0) is 65.6 Å². The zero-order valence-electron chi connectivity index (χ0n) is 21.6. The first-order valence-electron chi connectivity index (χ1n) is 12.8. The molecule has 6 rings (SSSR count). The maximum Gasteiger partial charge on any atom is 0.273 e. The van der Waals surface area contributed by atoms with E-state index in [-0.39, 0.29) is 24.0 Å². The van der Waals surface area contributed by atoms with Gasteiger partial charge in [-0.1, -0.05) is 66.2 Å². The topological polar surface area (TPSA) is 78.5 Å². The molecule has 0 saturated heterocycles. The molecule has 200 valence electrons. The summed E-state index contributed by atoms with van der Waals surface area (Å²) < 4.78 is 19.7. The van der Waals surface area contributed by atoms with Crippen LogP contribution in [0.4, 0.5) is 4.39 Å². The number of aryl methyl sites for hydroxylation is 1. The molecule has 0 saturated carbocycles. The lowest BCUT2D eigenvalue weighted by molar-refractivity contribution is 0.0729. The number of nitrogens with zero attached hydrogens (tertiary/aromatic N) is 2. The minimum absolute atomic E-state index is 0.0133. The van der Waals surface area contributed by atoms with Crippen molar-refractivity contribution in [2.24, 2.45) is 0 Å². The number of carbonyl (C=O) groups is 1. The van der Waals surface area contributed by atoms with Crippen molar-refractivity contribution in [1.29, 1.82) is 0 Å². The zero-order valence-corrected chi connectivity index (χ0v) is 22.3. The van der Waals surface area contributed by atoms with E-state index >= 15 is 0 Å². The van der Waals surface area contributed by atoms with Crippen molar-refractivity contribution in [3.05, 3.63) is 135 Å². The predicted molar refractivity (Wildman–Crippen MR) is 151 cm³/mol. The first-order chi connectivity index (χ1) is 19.4. The van der Waals surface area contributed by atoms with E-state index in [0.29, 0.717) is 39.9 Å². The molecule has 0 radical (unpaired) electrons. The lowest BCUT2D eigenvalue weighted by Crippen LogP contribution is -2.29. The Bertz CT molecular complexity index is 1700. The van der Waals surface area contributed by atoms with E-state index in [1.54, 1.807) is 36.1 Å². The van der Waals surface area contributed by atoms with Gasteiger partial charge in [0.1, 0.15) is 35.3 Å². The maximum absolute atomic E-state index is 13.8. The predicted octanol–water partition coefficient (Wildman–Crippen LogP) is 7.21. The number of phenolic OH excluding ortho intramolecular Hbond substituents is 1. The number of nitrogens with one attached hydrogen (secondary N) is 1. The second-order valence-electron chi connectivity index (χ2n) is 9.79. The lowest BCUT2D eigenvalue weighted by Gasteiger charge is -2.27. The Morgan fingerprint density at radius 1 is 1.00 bits per heavy atom. The third-order valence-corrected chi connectivity index (χ3v) is 7.49. The Morgan fingerprint density at radius 2 is 1.77 bits per heavy atom. The number of rotatable bonds is 7. The summed E-state index contributed by atoms with van der Waals surface area (Å²) in [7, 11) is 0. The normalized spacial score (nSPS) is 14.4. The molecule has 1 aliphatic rings. The van der Waals surface area contributed by atoms with Crippen molar-refractivity contribution in [3.8, 4) is 22.8 Å². The summed E-state index contributed by atoms with van der Waals surface area (Å²) in [6, 6.07) is 26.2. The number of fused-ring (bicyclic) bond motifs is 1. The molecule has 8 heteroatoms. The number of aromatic nitrogens is 2. The number of H-pyrrole nitrogens is 1. The number of carbonyl (C=O) groups excluding carboxylic acids is 1. The number of aromatic amines is 1. The third kappa shape index (κ3) is 4.80. The van der Waals surface area contributed by atoms with E-state index in [9.17, 15) is 14.3 Å². The molecule has 0 spiro atoms. The van der Waals surface area contributed by atoms with Crippen LogP contribution in [0.5, 0.6) is 11.5 Å². The highest BCUT2D eigenvalue weighted by Crippen LogP contribution is 2.46. The van der Waals surface area contributed by atoms with Crippen molar-refractivity contribution in [3.63, 3.8) is 0 Å². The Morgan fingerprint density at radius 3 is 2.55 bits per heavy atom. The molecule has 2 heterocycles. The van der Waals surface area contributed by atoms with Crippen molar-refractivity contribution >= 4 is 17.5 Å². The van der Waals surface area contributed by atoms with Gasteiger partial charge in [-0.25, -0.2) is 4.39 Å². The summed E-state index contributed by atoms with van der Waals surface area (Å²) >= 11 is 6.42. The highest BCUT2D eigenvalue weighted by Gasteiger charge is 2.42. The summed E-state index contributed by atoms with van der Waals surface area (Å²) in [5, 5.41) is 18.6. The molecular weight excluding hydrogens is 529 g/mol. The van der Waals surface area contributed by atoms with E-state index in [1.807, 2.05) is 54.6 Å². The van der Waals surface area contributed by atoms with Gasteiger partial charge in [-0.15, -0.1) is 0 Å². The van der Waals surface area contributed by atoms with Gasteiger partial charge in [0.05, 0.1) is 6.04 Å². The van der Waals surface area contributed by atoms with Crippen molar-refractivity contribution in [2.45, 2.75) is 26.1 Å². The van der Waals surface area contributed by atoms with Gasteiger partial charge in [0.2, 0.25) is 0 Å². The monoisotopic (exact) mass is 553 g/mol. The van der Waals surface area contributed by atoms with Gasteiger partial charge in [-0.3, -0.25) is 9.89 Å². The number of hydrogen-bond donors (Lipinski definition) is 2. The molecule has 40 heavy (non-hydrogen) atoms. The largest absolute Gasteiger partial charge is 0.507 e. The Kier molecular flexibility index (Phi) is 6.74. The van der Waals surface area contributed by atoms with Crippen LogP contribution in [0.1, 0.15) is 44.3 Å². The van der Waals surface area contributed by atoms with Crippen molar-refractivity contribution in [2.75, 3.05) is 0 Å². The third-order valence-electron chi connectivity index (χ3n) is 7.08. The highest BCUT2D eigenvalue weighted by molar-refractivity contribution is 6.31. The van der Waals surface area contributed by atoms with Gasteiger partial charge in [0.25, 0.3) is 5.91 Å². The quantitative estimate of drug-likeness (QED) is 0.223. The van der Waals surface area contributed by atoms with Crippen LogP contribution in [0.25, 0.3) is 11.3 Å². The summed E-state index contributed by atoms with van der Waals surface area (Å²) in [5.74, 6) is 0.0608. The SMILES string of the molecule is Cc1cc(O)c(-c2n[nH]c3c2C(c2cccc(OCc4ccccc4)c2)N(Cc2ccc(F)cc2)C3=O)cc1Cl. The fraction of sp³-hybridized carbons (Fsp3) is 0.125. The fourth-order valence-electron chi connectivity index (χ4n) is 5.07. The molecule has 1 aliphatic heterocycles. The number of amides is 1. The maximum atomic E-state index is 13.8. The Hall–Kier alpha value is -4.62. The van der Waals surface area contributed by atoms with Crippen LogP contribution < -0.4 is 4.74 Å². The van der Waals surface area contributed by atoms with Gasteiger partial charge in [0, 0.05) is 22.7 Å². The van der Waals surface area contributed by atoms with Gasteiger partial charge >= 0.3 is 0 Å². The van der Waals surface area contributed by atoms with Crippen LogP contribution in [0.15, 0.2) is 91.0 Å². The molecule has 1 unspecified atom stereocenters. The lowest BCUT2D eigenvalue weighted by atomic mass is 9.95. The van der Waals surface area contributed by atoms with Crippen LogP contribution in [-0.4, -0.2) is 26.1 Å².